The zero-order valence-corrected chi connectivity index (χ0v) is 16.5. The van der Waals surface area contributed by atoms with Crippen LogP contribution in [-0.4, -0.2) is 29.3 Å². The Morgan fingerprint density at radius 2 is 2.00 bits per heavy atom. The van der Waals surface area contributed by atoms with E-state index in [0.29, 0.717) is 34.1 Å². The maximum Gasteiger partial charge on any atom is 0.274 e. The number of aldehydes is 1. The molecule has 1 aliphatic carbocycles. The number of amides is 1. The first kappa shape index (κ1) is 19.1. The number of carbonyl (C=O) groups is 2. The number of oxazole rings is 1. The molecular formula is C22H23N3O4. The molecule has 0 saturated heterocycles. The van der Waals surface area contributed by atoms with E-state index in [0.717, 1.165) is 37.7 Å². The molecule has 0 radical (unpaired) electrons. The zero-order chi connectivity index (χ0) is 20.4. The maximum atomic E-state index is 12.6. The number of fused-ring (bicyclic) bond motifs is 1. The van der Waals surface area contributed by atoms with Gasteiger partial charge in [-0.2, -0.15) is 0 Å². The van der Waals surface area contributed by atoms with Gasteiger partial charge in [0.05, 0.1) is 12.8 Å². The van der Waals surface area contributed by atoms with Crippen LogP contribution < -0.4 is 10.1 Å². The van der Waals surface area contributed by atoms with Crippen molar-refractivity contribution < 1.29 is 18.7 Å². The van der Waals surface area contributed by atoms with Crippen LogP contribution in [-0.2, 0) is 4.79 Å². The van der Waals surface area contributed by atoms with Crippen molar-refractivity contribution in [2.75, 3.05) is 12.4 Å². The van der Waals surface area contributed by atoms with E-state index in [-0.39, 0.29) is 17.7 Å². The van der Waals surface area contributed by atoms with Gasteiger partial charge in [0.15, 0.2) is 11.5 Å². The molecule has 1 N–H and O–H groups in total. The third kappa shape index (κ3) is 3.99. The summed E-state index contributed by atoms with van der Waals surface area (Å²) in [6.45, 7) is 1.84. The number of rotatable bonds is 5. The number of aryl methyl sites for hydroxylation is 1. The second kappa shape index (κ2) is 8.03. The Balaban J connectivity index is 1.60. The van der Waals surface area contributed by atoms with E-state index in [4.69, 9.17) is 9.15 Å². The van der Waals surface area contributed by atoms with Crippen LogP contribution in [0.2, 0.25) is 0 Å². The minimum absolute atomic E-state index is 0.146. The zero-order valence-electron chi connectivity index (χ0n) is 16.5. The number of ether oxygens (including phenoxy) is 1. The van der Waals surface area contributed by atoms with Crippen molar-refractivity contribution in [3.8, 4) is 5.75 Å². The largest absolute Gasteiger partial charge is 0.494 e. The Kier molecular flexibility index (Phi) is 5.29. The van der Waals surface area contributed by atoms with E-state index in [2.05, 4.69) is 15.3 Å². The summed E-state index contributed by atoms with van der Waals surface area (Å²) in [6, 6.07) is 8.78. The molecule has 3 aromatic rings. The van der Waals surface area contributed by atoms with Crippen LogP contribution in [0, 0.1) is 12.8 Å². The van der Waals surface area contributed by atoms with Crippen molar-refractivity contribution in [3.05, 3.63) is 47.6 Å². The Labute approximate surface area is 168 Å². The maximum absolute atomic E-state index is 12.6. The third-order valence-corrected chi connectivity index (χ3v) is 5.41. The summed E-state index contributed by atoms with van der Waals surface area (Å²) >= 11 is 0. The second-order valence-corrected chi connectivity index (χ2v) is 7.44. The van der Waals surface area contributed by atoms with Crippen molar-refractivity contribution >= 4 is 29.0 Å². The first-order valence-corrected chi connectivity index (χ1v) is 9.76. The predicted molar refractivity (Wildman–Crippen MR) is 108 cm³/mol. The summed E-state index contributed by atoms with van der Waals surface area (Å²) in [5, 5.41) is 2.85. The Bertz CT molecular complexity index is 1050. The first-order chi connectivity index (χ1) is 14.1. The number of aromatic nitrogens is 2. The number of hydrogen-bond acceptors (Lipinski definition) is 6. The lowest BCUT2D eigenvalue weighted by Gasteiger charge is -2.22. The van der Waals surface area contributed by atoms with Crippen LogP contribution in [0.4, 0.5) is 5.69 Å². The Morgan fingerprint density at radius 1 is 1.21 bits per heavy atom. The average Bonchev–Trinajstić information content (AvgIpc) is 3.16. The van der Waals surface area contributed by atoms with Gasteiger partial charge in [0.2, 0.25) is 0 Å². The van der Waals surface area contributed by atoms with Gasteiger partial charge >= 0.3 is 0 Å². The number of pyridine rings is 1. The highest BCUT2D eigenvalue weighted by Gasteiger charge is 2.26. The highest BCUT2D eigenvalue weighted by atomic mass is 16.5. The number of benzene rings is 1. The van der Waals surface area contributed by atoms with Gasteiger partial charge in [-0.25, -0.2) is 9.97 Å². The number of nitrogens with one attached hydrogen (secondary N) is 1. The van der Waals surface area contributed by atoms with Crippen LogP contribution in [0.1, 0.15) is 53.7 Å². The lowest BCUT2D eigenvalue weighted by molar-refractivity contribution is -0.112. The fourth-order valence-electron chi connectivity index (χ4n) is 3.77. The molecule has 2 aromatic heterocycles. The van der Waals surface area contributed by atoms with Crippen molar-refractivity contribution in [3.63, 3.8) is 0 Å². The summed E-state index contributed by atoms with van der Waals surface area (Å²) in [7, 11) is 1.55. The summed E-state index contributed by atoms with van der Waals surface area (Å²) in [4.78, 5) is 32.4. The average molecular weight is 393 g/mol. The standard InChI is InChI=1S/C22H23N3O4/c1-13-4-3-5-16(23-13)21(27)24-17-11-20-18(10-19(17)28-2)25-22(29-20)15-8-6-14(12-26)7-9-15/h3-5,10-12,14-15H,6-9H2,1-2H3,(H,24,27)/t14-,15-. The first-order valence-electron chi connectivity index (χ1n) is 9.76. The third-order valence-electron chi connectivity index (χ3n) is 5.41. The lowest BCUT2D eigenvalue weighted by Crippen LogP contribution is -2.14. The quantitative estimate of drug-likeness (QED) is 0.651. The summed E-state index contributed by atoms with van der Waals surface area (Å²) in [5.74, 6) is 1.21. The van der Waals surface area contributed by atoms with E-state index in [1.807, 2.05) is 13.0 Å². The molecule has 7 heteroatoms. The van der Waals surface area contributed by atoms with Crippen LogP contribution in [0.25, 0.3) is 11.1 Å². The van der Waals surface area contributed by atoms with E-state index in [9.17, 15) is 9.59 Å². The molecule has 0 aliphatic heterocycles. The van der Waals surface area contributed by atoms with Crippen LogP contribution in [0.3, 0.4) is 0 Å². The number of hydrogen-bond donors (Lipinski definition) is 1. The highest BCUT2D eigenvalue weighted by molar-refractivity contribution is 6.04. The second-order valence-electron chi connectivity index (χ2n) is 7.44. The van der Waals surface area contributed by atoms with Crippen LogP contribution in [0.15, 0.2) is 34.7 Å². The summed E-state index contributed by atoms with van der Waals surface area (Å²) < 4.78 is 11.4. The van der Waals surface area contributed by atoms with Gasteiger partial charge in [-0.15, -0.1) is 0 Å². The van der Waals surface area contributed by atoms with Crippen LogP contribution >= 0.6 is 0 Å². The molecule has 7 nitrogen and oxygen atoms in total. The molecule has 4 rings (SSSR count). The van der Waals surface area contributed by atoms with Crippen molar-refractivity contribution in [1.82, 2.24) is 9.97 Å². The molecule has 0 bridgehead atoms. The minimum atomic E-state index is -0.321. The lowest BCUT2D eigenvalue weighted by atomic mass is 9.83. The van der Waals surface area contributed by atoms with Gasteiger partial charge in [-0.05, 0) is 44.7 Å². The normalized spacial score (nSPS) is 19.1. The van der Waals surface area contributed by atoms with Crippen LogP contribution in [0.5, 0.6) is 5.75 Å². The molecule has 2 heterocycles. The molecule has 0 spiro atoms. The van der Waals surface area contributed by atoms with E-state index < -0.39 is 0 Å². The van der Waals surface area contributed by atoms with Crippen molar-refractivity contribution in [2.24, 2.45) is 5.92 Å². The summed E-state index contributed by atoms with van der Waals surface area (Å²) in [5.41, 5.74) is 2.87. The van der Waals surface area contributed by atoms with Gasteiger partial charge in [0, 0.05) is 29.7 Å². The number of methoxy groups -OCH3 is 1. The molecule has 29 heavy (non-hydrogen) atoms. The SMILES string of the molecule is COc1cc2nc([C@H]3CC[C@H](C=O)CC3)oc2cc1NC(=O)c1cccc(C)n1. The number of anilines is 1. The molecule has 1 fully saturated rings. The molecule has 0 atom stereocenters. The Hall–Kier alpha value is -3.22. The molecule has 0 unspecified atom stereocenters. The highest BCUT2D eigenvalue weighted by Crippen LogP contribution is 2.38. The predicted octanol–water partition coefficient (Wildman–Crippen LogP) is 4.26. The van der Waals surface area contributed by atoms with Gasteiger partial charge < -0.3 is 19.3 Å². The van der Waals surface area contributed by atoms with Gasteiger partial charge in [-0.1, -0.05) is 6.07 Å². The number of carbonyl (C=O) groups excluding carboxylic acids is 2. The summed E-state index contributed by atoms with van der Waals surface area (Å²) in [6.07, 6.45) is 4.54. The molecule has 1 aromatic carbocycles. The fourth-order valence-corrected chi connectivity index (χ4v) is 3.77. The van der Waals surface area contributed by atoms with Gasteiger partial charge in [0.25, 0.3) is 5.91 Å². The van der Waals surface area contributed by atoms with Crippen molar-refractivity contribution in [2.45, 2.75) is 38.5 Å². The van der Waals surface area contributed by atoms with Crippen molar-refractivity contribution in [1.29, 1.82) is 0 Å². The molecule has 1 aliphatic rings. The van der Waals surface area contributed by atoms with E-state index in [1.165, 1.54) is 0 Å². The van der Waals surface area contributed by atoms with Gasteiger partial charge in [0.1, 0.15) is 23.2 Å². The minimum Gasteiger partial charge on any atom is -0.494 e. The topological polar surface area (TPSA) is 94.3 Å². The Morgan fingerprint density at radius 3 is 2.69 bits per heavy atom. The molecule has 150 valence electrons. The molecule has 1 saturated carbocycles. The molecular weight excluding hydrogens is 370 g/mol. The smallest absolute Gasteiger partial charge is 0.274 e. The monoisotopic (exact) mass is 393 g/mol. The van der Waals surface area contributed by atoms with E-state index in [1.54, 1.807) is 31.4 Å². The van der Waals surface area contributed by atoms with E-state index >= 15 is 0 Å². The fraction of sp³-hybridized carbons (Fsp3) is 0.364. The molecule has 1 amide bonds. The number of nitrogens with zero attached hydrogens (tertiary/aromatic N) is 2. The van der Waals surface area contributed by atoms with Gasteiger partial charge in [-0.3, -0.25) is 4.79 Å².